The number of hydrogen-bond acceptors (Lipinski definition) is 3. The lowest BCUT2D eigenvalue weighted by Gasteiger charge is -2.01. The summed E-state index contributed by atoms with van der Waals surface area (Å²) >= 11 is 10.1. The van der Waals surface area contributed by atoms with E-state index in [0.717, 1.165) is 0 Å². The van der Waals surface area contributed by atoms with Gasteiger partial charge in [0, 0.05) is 4.47 Å². The summed E-state index contributed by atoms with van der Waals surface area (Å²) in [6, 6.07) is 2.70. The van der Waals surface area contributed by atoms with Gasteiger partial charge in [-0.1, -0.05) is 11.3 Å². The summed E-state index contributed by atoms with van der Waals surface area (Å²) in [6.45, 7) is 1.57. The van der Waals surface area contributed by atoms with E-state index in [4.69, 9.17) is 11.6 Å². The number of halogens is 3. The van der Waals surface area contributed by atoms with E-state index in [1.807, 2.05) is 0 Å². The van der Waals surface area contributed by atoms with E-state index >= 15 is 0 Å². The van der Waals surface area contributed by atoms with E-state index in [9.17, 15) is 9.18 Å². The van der Waals surface area contributed by atoms with Gasteiger partial charge in [0.2, 0.25) is 5.91 Å². The lowest BCUT2D eigenvalue weighted by molar-refractivity contribution is -0.115. The maximum absolute atomic E-state index is 13.1. The highest BCUT2D eigenvalue weighted by Crippen LogP contribution is 2.32. The van der Waals surface area contributed by atoms with Crippen molar-refractivity contribution in [1.29, 1.82) is 0 Å². The first-order valence-electron chi connectivity index (χ1n) is 4.68. The molecule has 0 fully saturated rings. The Bertz CT molecular complexity index is 587. The van der Waals surface area contributed by atoms with Crippen molar-refractivity contribution in [3.63, 3.8) is 0 Å². The van der Waals surface area contributed by atoms with Crippen molar-refractivity contribution in [2.24, 2.45) is 0 Å². The summed E-state index contributed by atoms with van der Waals surface area (Å²) in [4.78, 5) is 15.6. The van der Waals surface area contributed by atoms with Crippen LogP contribution in [0, 0.1) is 5.82 Å². The number of nitrogens with one attached hydrogen (secondary N) is 1. The molecule has 2 rings (SSSR count). The Balaban J connectivity index is 2.38. The van der Waals surface area contributed by atoms with E-state index in [-0.39, 0.29) is 11.7 Å². The highest BCUT2D eigenvalue weighted by molar-refractivity contribution is 9.10. The topological polar surface area (TPSA) is 42.0 Å². The maximum Gasteiger partial charge on any atom is 0.243 e. The number of nitrogens with zero attached hydrogens (tertiary/aromatic N) is 1. The minimum atomic E-state index is -0.637. The number of amides is 1. The molecule has 0 spiro atoms. The fourth-order valence-electron chi connectivity index (χ4n) is 1.22. The molecule has 2 aromatic rings. The maximum atomic E-state index is 13.1. The van der Waals surface area contributed by atoms with Crippen LogP contribution in [0.4, 0.5) is 9.52 Å². The molecule has 1 atom stereocenters. The Kier molecular flexibility index (Phi) is 3.65. The van der Waals surface area contributed by atoms with Gasteiger partial charge >= 0.3 is 0 Å². The summed E-state index contributed by atoms with van der Waals surface area (Å²) in [6.07, 6.45) is 0. The van der Waals surface area contributed by atoms with Crippen LogP contribution in [0.1, 0.15) is 6.92 Å². The predicted octanol–water partition coefficient (Wildman–Crippen LogP) is 3.76. The molecule has 1 unspecified atom stereocenters. The quantitative estimate of drug-likeness (QED) is 0.848. The van der Waals surface area contributed by atoms with E-state index in [1.165, 1.54) is 23.5 Å². The number of hydrogen-bond donors (Lipinski definition) is 1. The number of rotatable bonds is 2. The third-order valence-corrected chi connectivity index (χ3v) is 3.73. The largest absolute Gasteiger partial charge is 0.301 e. The van der Waals surface area contributed by atoms with Crippen LogP contribution in [0.15, 0.2) is 16.6 Å². The van der Waals surface area contributed by atoms with Crippen molar-refractivity contribution >= 4 is 60.1 Å². The average molecular weight is 338 g/mol. The molecule has 0 aliphatic heterocycles. The second-order valence-corrected chi connectivity index (χ2v) is 5.90. The SMILES string of the molecule is CC(Cl)C(=O)Nc1nc2c(Br)cc(F)cc2s1. The molecule has 1 aromatic heterocycles. The van der Waals surface area contributed by atoms with Crippen LogP contribution in [0.3, 0.4) is 0 Å². The molecule has 0 aliphatic carbocycles. The van der Waals surface area contributed by atoms with Crippen molar-refractivity contribution in [3.05, 3.63) is 22.4 Å². The summed E-state index contributed by atoms with van der Waals surface area (Å²) in [7, 11) is 0. The predicted molar refractivity (Wildman–Crippen MR) is 71.2 cm³/mol. The first-order valence-corrected chi connectivity index (χ1v) is 6.72. The summed E-state index contributed by atoms with van der Waals surface area (Å²) in [5, 5.41) is 2.34. The molecule has 3 nitrogen and oxygen atoms in total. The van der Waals surface area contributed by atoms with Gasteiger partial charge in [-0.2, -0.15) is 0 Å². The molecule has 0 radical (unpaired) electrons. The summed E-state index contributed by atoms with van der Waals surface area (Å²) in [5.41, 5.74) is 0.619. The van der Waals surface area contributed by atoms with Crippen molar-refractivity contribution < 1.29 is 9.18 Å². The molecule has 0 aliphatic rings. The first-order chi connectivity index (χ1) is 7.97. The van der Waals surface area contributed by atoms with Gasteiger partial charge in [0.25, 0.3) is 0 Å². The van der Waals surface area contributed by atoms with Crippen LogP contribution < -0.4 is 5.32 Å². The monoisotopic (exact) mass is 336 g/mol. The third kappa shape index (κ3) is 2.75. The summed E-state index contributed by atoms with van der Waals surface area (Å²) in [5.74, 6) is -0.682. The molecular weight excluding hydrogens is 331 g/mol. The van der Waals surface area contributed by atoms with Crippen LogP contribution in [0.5, 0.6) is 0 Å². The van der Waals surface area contributed by atoms with Crippen LogP contribution >= 0.6 is 38.9 Å². The van der Waals surface area contributed by atoms with Gasteiger partial charge in [-0.25, -0.2) is 9.37 Å². The molecule has 1 N–H and O–H groups in total. The molecule has 0 saturated carbocycles. The molecule has 1 amide bonds. The molecular formula is C10H7BrClFN2OS. The van der Waals surface area contributed by atoms with Crippen molar-refractivity contribution in [2.45, 2.75) is 12.3 Å². The smallest absolute Gasteiger partial charge is 0.243 e. The van der Waals surface area contributed by atoms with E-state index in [2.05, 4.69) is 26.2 Å². The van der Waals surface area contributed by atoms with Gasteiger partial charge in [0.1, 0.15) is 11.2 Å². The zero-order valence-corrected chi connectivity index (χ0v) is 11.8. The number of carbonyl (C=O) groups is 1. The van der Waals surface area contributed by atoms with Crippen LogP contribution in [-0.4, -0.2) is 16.3 Å². The number of benzene rings is 1. The van der Waals surface area contributed by atoms with Crippen LogP contribution in [0.2, 0.25) is 0 Å². The average Bonchev–Trinajstić information content (AvgIpc) is 2.60. The molecule has 1 aromatic carbocycles. The Hall–Kier alpha value is -0.720. The number of alkyl halides is 1. The first kappa shape index (κ1) is 12.7. The molecule has 0 bridgehead atoms. The summed E-state index contributed by atoms with van der Waals surface area (Å²) < 4.78 is 14.4. The van der Waals surface area contributed by atoms with E-state index in [0.29, 0.717) is 19.8 Å². The Morgan fingerprint density at radius 1 is 1.65 bits per heavy atom. The number of thiazole rings is 1. The standard InChI is InChI=1S/C10H7BrClFN2OS/c1-4(12)9(16)15-10-14-8-6(11)2-5(13)3-7(8)17-10/h2-4H,1H3,(H,14,15,16). The number of aromatic nitrogens is 1. The fourth-order valence-corrected chi connectivity index (χ4v) is 2.84. The Morgan fingerprint density at radius 2 is 2.35 bits per heavy atom. The van der Waals surface area contributed by atoms with Crippen molar-refractivity contribution in [2.75, 3.05) is 5.32 Å². The number of carbonyl (C=O) groups excluding carboxylic acids is 1. The third-order valence-electron chi connectivity index (χ3n) is 2.00. The zero-order valence-electron chi connectivity index (χ0n) is 8.63. The van der Waals surface area contributed by atoms with Crippen molar-refractivity contribution in [3.8, 4) is 0 Å². The van der Waals surface area contributed by atoms with Gasteiger partial charge in [-0.15, -0.1) is 11.6 Å². The highest BCUT2D eigenvalue weighted by atomic mass is 79.9. The second kappa shape index (κ2) is 4.88. The number of anilines is 1. The molecule has 0 saturated heterocycles. The van der Waals surface area contributed by atoms with Gasteiger partial charge in [0.15, 0.2) is 5.13 Å². The van der Waals surface area contributed by atoms with Gasteiger partial charge in [0.05, 0.1) is 10.2 Å². The molecule has 1 heterocycles. The van der Waals surface area contributed by atoms with Gasteiger partial charge in [-0.3, -0.25) is 4.79 Å². The molecule has 90 valence electrons. The zero-order chi connectivity index (χ0) is 12.6. The minimum Gasteiger partial charge on any atom is -0.301 e. The van der Waals surface area contributed by atoms with E-state index < -0.39 is 5.38 Å². The van der Waals surface area contributed by atoms with Crippen LogP contribution in [-0.2, 0) is 4.79 Å². The van der Waals surface area contributed by atoms with Crippen LogP contribution in [0.25, 0.3) is 10.2 Å². The second-order valence-electron chi connectivity index (χ2n) is 3.36. The van der Waals surface area contributed by atoms with Gasteiger partial charge in [-0.05, 0) is 35.0 Å². The molecule has 7 heteroatoms. The highest BCUT2D eigenvalue weighted by Gasteiger charge is 2.14. The normalized spacial score (nSPS) is 12.7. The fraction of sp³-hybridized carbons (Fsp3) is 0.200. The van der Waals surface area contributed by atoms with Crippen molar-refractivity contribution in [1.82, 2.24) is 4.98 Å². The van der Waals surface area contributed by atoms with E-state index in [1.54, 1.807) is 6.92 Å². The minimum absolute atomic E-state index is 0.331. The lowest BCUT2D eigenvalue weighted by atomic mass is 10.3. The molecule has 17 heavy (non-hydrogen) atoms. The van der Waals surface area contributed by atoms with Gasteiger partial charge < -0.3 is 5.32 Å². The Labute approximate surface area is 114 Å². The Morgan fingerprint density at radius 3 is 3.00 bits per heavy atom. The lowest BCUT2D eigenvalue weighted by Crippen LogP contribution is -2.19. The number of fused-ring (bicyclic) bond motifs is 1.